The lowest BCUT2D eigenvalue weighted by atomic mass is 9.78. The average molecular weight is 486 g/mol. The molecule has 0 N–H and O–H groups in total. The van der Waals surface area contributed by atoms with Gasteiger partial charge in [0.15, 0.2) is 0 Å². The van der Waals surface area contributed by atoms with E-state index in [1.807, 2.05) is 0 Å². The Hall–Kier alpha value is -2.41. The lowest BCUT2D eigenvalue weighted by molar-refractivity contribution is -0.189. The molecule has 0 unspecified atom stereocenters. The van der Waals surface area contributed by atoms with Crippen molar-refractivity contribution in [3.63, 3.8) is 0 Å². The smallest absolute Gasteiger partial charge is 0.429 e. The number of ether oxygens (including phenoxy) is 1. The minimum absolute atomic E-state index is 0.172. The average Bonchev–Trinajstić information content (AvgIpc) is 2.79. The van der Waals surface area contributed by atoms with Crippen LogP contribution < -0.4 is 10.2 Å². The fraction of sp³-hybridized carbons (Fsp3) is 0.400. The van der Waals surface area contributed by atoms with Gasteiger partial charge in [-0.2, -0.15) is 22.0 Å². The van der Waals surface area contributed by atoms with Crippen LogP contribution in [-0.2, 0) is 21.6 Å². The standard InChI is InChI=1S/C20H16BF9O3/c1-17(2)18(3,4)33-21(32-17)9-5-11(22)16(12(23)6-9)20(29,30)31-10-7-13(24)15(14(25)8-10)19(26,27)28/h5-8H,1-4H3. The summed E-state index contributed by atoms with van der Waals surface area (Å²) in [6, 6.07) is 0.667. The monoisotopic (exact) mass is 486 g/mol. The molecule has 0 radical (unpaired) electrons. The van der Waals surface area contributed by atoms with Crippen molar-refractivity contribution in [2.24, 2.45) is 0 Å². The van der Waals surface area contributed by atoms with Gasteiger partial charge >= 0.3 is 19.4 Å². The van der Waals surface area contributed by atoms with E-state index in [4.69, 9.17) is 9.31 Å². The van der Waals surface area contributed by atoms with E-state index in [2.05, 4.69) is 4.74 Å². The molecule has 33 heavy (non-hydrogen) atoms. The molecule has 0 aliphatic carbocycles. The van der Waals surface area contributed by atoms with Crippen molar-refractivity contribution in [2.45, 2.75) is 51.2 Å². The molecule has 0 spiro atoms. The largest absolute Gasteiger partial charge is 0.495 e. The number of alkyl halides is 5. The summed E-state index contributed by atoms with van der Waals surface area (Å²) >= 11 is 0. The van der Waals surface area contributed by atoms with Gasteiger partial charge < -0.3 is 14.0 Å². The van der Waals surface area contributed by atoms with Crippen molar-refractivity contribution in [2.75, 3.05) is 0 Å². The zero-order chi connectivity index (χ0) is 25.1. The van der Waals surface area contributed by atoms with E-state index in [0.717, 1.165) is 0 Å². The summed E-state index contributed by atoms with van der Waals surface area (Å²) in [4.78, 5) is 0. The molecule has 3 nitrogen and oxygen atoms in total. The van der Waals surface area contributed by atoms with Crippen molar-refractivity contribution in [3.05, 3.63) is 58.7 Å². The van der Waals surface area contributed by atoms with Crippen LogP contribution in [0.5, 0.6) is 5.75 Å². The van der Waals surface area contributed by atoms with Crippen molar-refractivity contribution in [1.29, 1.82) is 0 Å². The van der Waals surface area contributed by atoms with Gasteiger partial charge in [-0.25, -0.2) is 17.6 Å². The first-order valence-electron chi connectivity index (χ1n) is 9.34. The molecular weight excluding hydrogens is 470 g/mol. The Bertz CT molecular complexity index is 1020. The lowest BCUT2D eigenvalue weighted by Gasteiger charge is -2.32. The molecule has 1 heterocycles. The van der Waals surface area contributed by atoms with Crippen LogP contribution in [0.4, 0.5) is 39.5 Å². The Balaban J connectivity index is 1.94. The summed E-state index contributed by atoms with van der Waals surface area (Å²) < 4.78 is 138. The van der Waals surface area contributed by atoms with E-state index < -0.39 is 70.8 Å². The van der Waals surface area contributed by atoms with Crippen LogP contribution in [0.15, 0.2) is 24.3 Å². The highest BCUT2D eigenvalue weighted by molar-refractivity contribution is 6.62. The fourth-order valence-corrected chi connectivity index (χ4v) is 3.06. The first-order chi connectivity index (χ1) is 14.9. The number of benzene rings is 2. The molecular formula is C20H16BF9O3. The first-order valence-corrected chi connectivity index (χ1v) is 9.34. The maximum absolute atomic E-state index is 14.5. The van der Waals surface area contributed by atoms with Gasteiger partial charge in [0.1, 0.15) is 40.1 Å². The molecule has 180 valence electrons. The number of hydrogen-bond donors (Lipinski definition) is 0. The van der Waals surface area contributed by atoms with Gasteiger partial charge in [0, 0.05) is 12.1 Å². The molecule has 1 aliphatic rings. The molecule has 0 bridgehead atoms. The Morgan fingerprint density at radius 2 is 1.09 bits per heavy atom. The quantitative estimate of drug-likeness (QED) is 0.411. The third kappa shape index (κ3) is 4.65. The zero-order valence-electron chi connectivity index (χ0n) is 17.5. The topological polar surface area (TPSA) is 27.7 Å². The van der Waals surface area contributed by atoms with E-state index in [9.17, 15) is 39.5 Å². The summed E-state index contributed by atoms with van der Waals surface area (Å²) in [6.07, 6.45) is -10.3. The molecule has 2 aromatic rings. The van der Waals surface area contributed by atoms with Crippen LogP contribution in [0.25, 0.3) is 0 Å². The van der Waals surface area contributed by atoms with E-state index in [1.165, 1.54) is 0 Å². The normalized spacial score (nSPS) is 18.0. The molecule has 3 rings (SSSR count). The summed E-state index contributed by atoms with van der Waals surface area (Å²) in [5, 5.41) is 0. The summed E-state index contributed by atoms with van der Waals surface area (Å²) in [5.41, 5.74) is -6.32. The molecule has 0 amide bonds. The maximum Gasteiger partial charge on any atom is 0.495 e. The highest BCUT2D eigenvalue weighted by atomic mass is 19.4. The van der Waals surface area contributed by atoms with Crippen molar-refractivity contribution in [1.82, 2.24) is 0 Å². The fourth-order valence-electron chi connectivity index (χ4n) is 3.06. The van der Waals surface area contributed by atoms with Gasteiger partial charge in [-0.3, -0.25) is 0 Å². The third-order valence-electron chi connectivity index (χ3n) is 5.43. The van der Waals surface area contributed by atoms with Crippen LogP contribution in [-0.4, -0.2) is 18.3 Å². The highest BCUT2D eigenvalue weighted by Gasteiger charge is 2.52. The molecule has 0 aromatic heterocycles. The Labute approximate surface area is 182 Å². The Morgan fingerprint density at radius 1 is 0.697 bits per heavy atom. The van der Waals surface area contributed by atoms with Crippen molar-refractivity contribution in [3.8, 4) is 5.75 Å². The molecule has 1 fully saturated rings. The van der Waals surface area contributed by atoms with Gasteiger partial charge in [0.2, 0.25) is 0 Å². The van der Waals surface area contributed by atoms with Crippen LogP contribution in [0.2, 0.25) is 0 Å². The van der Waals surface area contributed by atoms with Gasteiger partial charge in [-0.05, 0) is 45.3 Å². The molecule has 2 aromatic carbocycles. The van der Waals surface area contributed by atoms with E-state index >= 15 is 0 Å². The molecule has 1 aliphatic heterocycles. The van der Waals surface area contributed by atoms with Crippen LogP contribution in [0.3, 0.4) is 0 Å². The second kappa shape index (κ2) is 7.83. The predicted molar refractivity (Wildman–Crippen MR) is 98.0 cm³/mol. The molecule has 0 saturated carbocycles. The second-order valence-electron chi connectivity index (χ2n) is 8.33. The molecule has 0 atom stereocenters. The van der Waals surface area contributed by atoms with Crippen LogP contribution in [0.1, 0.15) is 38.8 Å². The van der Waals surface area contributed by atoms with Gasteiger partial charge in [0.05, 0.1) is 11.2 Å². The number of halogens is 9. The van der Waals surface area contributed by atoms with Crippen molar-refractivity contribution >= 4 is 12.6 Å². The lowest BCUT2D eigenvalue weighted by Crippen LogP contribution is -2.41. The predicted octanol–water partition coefficient (Wildman–Crippen LogP) is 5.69. The van der Waals surface area contributed by atoms with E-state index in [-0.39, 0.29) is 17.6 Å². The van der Waals surface area contributed by atoms with Gasteiger partial charge in [-0.15, -0.1) is 0 Å². The summed E-state index contributed by atoms with van der Waals surface area (Å²) in [6.45, 7) is 6.60. The third-order valence-corrected chi connectivity index (χ3v) is 5.43. The highest BCUT2D eigenvalue weighted by Crippen LogP contribution is 2.40. The first kappa shape index (κ1) is 25.2. The summed E-state index contributed by atoms with van der Waals surface area (Å²) in [5.74, 6) is -9.53. The second-order valence-corrected chi connectivity index (χ2v) is 8.33. The molecule has 13 heteroatoms. The minimum atomic E-state index is -5.45. The number of rotatable bonds is 4. The number of hydrogen-bond acceptors (Lipinski definition) is 3. The SMILES string of the molecule is CC1(C)OB(c2cc(F)c(C(F)(F)Oc3cc(F)c(C(F)(F)F)c(F)c3)c(F)c2)OC1(C)C. The molecule has 1 saturated heterocycles. The minimum Gasteiger partial charge on any atom is -0.429 e. The van der Waals surface area contributed by atoms with Crippen molar-refractivity contribution < 1.29 is 53.6 Å². The van der Waals surface area contributed by atoms with Gasteiger partial charge in [-0.1, -0.05) is 0 Å². The van der Waals surface area contributed by atoms with Gasteiger partial charge in [0.25, 0.3) is 0 Å². The maximum atomic E-state index is 14.5. The zero-order valence-corrected chi connectivity index (χ0v) is 17.5. The van der Waals surface area contributed by atoms with E-state index in [1.54, 1.807) is 27.7 Å². The van der Waals surface area contributed by atoms with E-state index in [0.29, 0.717) is 12.1 Å². The summed E-state index contributed by atoms with van der Waals surface area (Å²) in [7, 11) is -1.29. The Morgan fingerprint density at radius 3 is 1.48 bits per heavy atom. The van der Waals surface area contributed by atoms with Crippen LogP contribution >= 0.6 is 0 Å². The van der Waals surface area contributed by atoms with Crippen LogP contribution in [0, 0.1) is 23.3 Å². The Kier molecular flexibility index (Phi) is 5.98.